The molecule has 1 aromatic heterocycles. The normalized spacial score (nSPS) is 11.1. The van der Waals surface area contributed by atoms with Gasteiger partial charge in [0.05, 0.1) is 27.4 Å². The first-order valence-corrected chi connectivity index (χ1v) is 7.94. The lowest BCUT2D eigenvalue weighted by molar-refractivity contribution is 0.0699. The average molecular weight is 352 g/mol. The fraction of sp³-hybridized carbons (Fsp3) is 0. The lowest BCUT2D eigenvalue weighted by Crippen LogP contribution is -2.01. The van der Waals surface area contributed by atoms with Gasteiger partial charge in [-0.3, -0.25) is 0 Å². The summed E-state index contributed by atoms with van der Waals surface area (Å²) in [7, 11) is 0. The van der Waals surface area contributed by atoms with Crippen molar-refractivity contribution >= 4 is 39.2 Å². The molecule has 0 aliphatic rings. The van der Waals surface area contributed by atoms with E-state index < -0.39 is 11.8 Å². The standard InChI is InChI=1S/C20H11ClFNO2/c21-14-6-3-7-15(22)19(14)17-10-13(20(24)25)18-12-5-2-1-4-11(12)8-9-16(18)23-17/h1-10H,(H,24,25). The maximum Gasteiger partial charge on any atom is 0.336 e. The number of hydrogen-bond donors (Lipinski definition) is 1. The number of benzene rings is 3. The van der Waals surface area contributed by atoms with E-state index in [1.54, 1.807) is 12.1 Å². The Morgan fingerprint density at radius 1 is 1.04 bits per heavy atom. The van der Waals surface area contributed by atoms with E-state index in [2.05, 4.69) is 4.98 Å². The topological polar surface area (TPSA) is 50.2 Å². The van der Waals surface area contributed by atoms with E-state index in [-0.39, 0.29) is 21.8 Å². The molecule has 4 rings (SSSR count). The Bertz CT molecular complexity index is 1140. The summed E-state index contributed by atoms with van der Waals surface area (Å²) in [5, 5.41) is 12.1. The molecule has 4 aromatic rings. The van der Waals surface area contributed by atoms with E-state index in [4.69, 9.17) is 11.6 Å². The van der Waals surface area contributed by atoms with Gasteiger partial charge in [-0.25, -0.2) is 14.2 Å². The Hall–Kier alpha value is -2.98. The van der Waals surface area contributed by atoms with Gasteiger partial charge in [-0.05, 0) is 35.0 Å². The third-order valence-corrected chi connectivity index (χ3v) is 4.46. The molecular formula is C20H11ClFNO2. The van der Waals surface area contributed by atoms with Crippen LogP contribution in [0.25, 0.3) is 32.9 Å². The van der Waals surface area contributed by atoms with Crippen LogP contribution in [0.15, 0.2) is 60.7 Å². The number of aromatic carboxylic acids is 1. The molecule has 25 heavy (non-hydrogen) atoms. The van der Waals surface area contributed by atoms with E-state index in [0.29, 0.717) is 10.9 Å². The molecular weight excluding hydrogens is 341 g/mol. The summed E-state index contributed by atoms with van der Waals surface area (Å²) in [6, 6.07) is 16.8. The molecule has 0 aliphatic carbocycles. The Morgan fingerprint density at radius 2 is 1.84 bits per heavy atom. The van der Waals surface area contributed by atoms with Gasteiger partial charge in [0.25, 0.3) is 0 Å². The van der Waals surface area contributed by atoms with Crippen molar-refractivity contribution in [1.82, 2.24) is 4.98 Å². The van der Waals surface area contributed by atoms with Crippen LogP contribution in [0.3, 0.4) is 0 Å². The van der Waals surface area contributed by atoms with E-state index in [0.717, 1.165) is 10.8 Å². The maximum absolute atomic E-state index is 14.3. The Balaban J connectivity index is 2.14. The zero-order valence-corrected chi connectivity index (χ0v) is 13.6. The number of aromatic nitrogens is 1. The molecule has 1 heterocycles. The quantitative estimate of drug-likeness (QED) is 0.482. The molecule has 3 aromatic carbocycles. The summed E-state index contributed by atoms with van der Waals surface area (Å²) in [4.78, 5) is 16.3. The largest absolute Gasteiger partial charge is 0.478 e. The van der Waals surface area contributed by atoms with Crippen LogP contribution in [-0.2, 0) is 0 Å². The molecule has 0 atom stereocenters. The van der Waals surface area contributed by atoms with Crippen LogP contribution < -0.4 is 0 Å². The van der Waals surface area contributed by atoms with Gasteiger partial charge < -0.3 is 5.11 Å². The first kappa shape index (κ1) is 15.5. The highest BCUT2D eigenvalue weighted by Crippen LogP contribution is 2.34. The van der Waals surface area contributed by atoms with E-state index in [1.807, 2.05) is 30.3 Å². The first-order chi connectivity index (χ1) is 12.1. The minimum Gasteiger partial charge on any atom is -0.478 e. The van der Waals surface area contributed by atoms with Gasteiger partial charge >= 0.3 is 5.97 Å². The second-order valence-corrected chi connectivity index (χ2v) is 6.04. The van der Waals surface area contributed by atoms with Gasteiger partial charge in [-0.1, -0.05) is 48.0 Å². The SMILES string of the molecule is O=C(O)c1cc(-c2c(F)cccc2Cl)nc2ccc3ccccc3c12. The lowest BCUT2D eigenvalue weighted by atomic mass is 9.98. The number of hydrogen-bond acceptors (Lipinski definition) is 2. The van der Waals surface area contributed by atoms with Crippen LogP contribution in [0.4, 0.5) is 4.39 Å². The van der Waals surface area contributed by atoms with Gasteiger partial charge in [-0.2, -0.15) is 0 Å². The van der Waals surface area contributed by atoms with Crippen molar-refractivity contribution in [2.24, 2.45) is 0 Å². The van der Waals surface area contributed by atoms with Crippen molar-refractivity contribution < 1.29 is 14.3 Å². The second-order valence-electron chi connectivity index (χ2n) is 5.64. The van der Waals surface area contributed by atoms with Gasteiger partial charge in [0, 0.05) is 5.39 Å². The van der Waals surface area contributed by atoms with Gasteiger partial charge in [-0.15, -0.1) is 0 Å². The molecule has 3 nitrogen and oxygen atoms in total. The number of pyridine rings is 1. The van der Waals surface area contributed by atoms with Crippen molar-refractivity contribution in [3.05, 3.63) is 77.1 Å². The Morgan fingerprint density at radius 3 is 2.60 bits per heavy atom. The lowest BCUT2D eigenvalue weighted by Gasteiger charge is -2.11. The van der Waals surface area contributed by atoms with Crippen molar-refractivity contribution in [1.29, 1.82) is 0 Å². The monoisotopic (exact) mass is 351 g/mol. The number of carbonyl (C=O) groups is 1. The summed E-state index contributed by atoms with van der Waals surface area (Å²) < 4.78 is 14.3. The first-order valence-electron chi connectivity index (χ1n) is 7.56. The minimum atomic E-state index is -1.10. The predicted molar refractivity (Wildman–Crippen MR) is 96.6 cm³/mol. The third-order valence-electron chi connectivity index (χ3n) is 4.15. The van der Waals surface area contributed by atoms with Crippen LogP contribution in [0.5, 0.6) is 0 Å². The van der Waals surface area contributed by atoms with Crippen molar-refractivity contribution in [3.8, 4) is 11.3 Å². The highest BCUT2D eigenvalue weighted by atomic mass is 35.5. The van der Waals surface area contributed by atoms with E-state index >= 15 is 0 Å². The van der Waals surface area contributed by atoms with Crippen LogP contribution >= 0.6 is 11.6 Å². The number of carboxylic acids is 1. The van der Waals surface area contributed by atoms with Gasteiger partial charge in [0.1, 0.15) is 5.82 Å². The molecule has 5 heteroatoms. The van der Waals surface area contributed by atoms with Gasteiger partial charge in [0.15, 0.2) is 0 Å². The number of nitrogens with zero attached hydrogens (tertiary/aromatic N) is 1. The number of halogens is 2. The molecule has 0 fully saturated rings. The number of carboxylic acid groups (broad SMARTS) is 1. The molecule has 1 N–H and O–H groups in total. The molecule has 0 saturated heterocycles. The summed E-state index contributed by atoms with van der Waals surface area (Å²) in [5.41, 5.74) is 0.842. The summed E-state index contributed by atoms with van der Waals surface area (Å²) >= 11 is 6.11. The second kappa shape index (κ2) is 5.83. The summed E-state index contributed by atoms with van der Waals surface area (Å²) in [5.74, 6) is -1.64. The molecule has 0 bridgehead atoms. The predicted octanol–water partition coefficient (Wildman–Crippen LogP) is 5.55. The minimum absolute atomic E-state index is 0.0659. The van der Waals surface area contributed by atoms with Crippen LogP contribution in [-0.4, -0.2) is 16.1 Å². The highest BCUT2D eigenvalue weighted by Gasteiger charge is 2.18. The van der Waals surface area contributed by atoms with Crippen molar-refractivity contribution in [2.45, 2.75) is 0 Å². The fourth-order valence-corrected chi connectivity index (χ4v) is 3.31. The van der Waals surface area contributed by atoms with E-state index in [9.17, 15) is 14.3 Å². The zero-order valence-electron chi connectivity index (χ0n) is 12.8. The van der Waals surface area contributed by atoms with E-state index in [1.165, 1.54) is 18.2 Å². The Kier molecular flexibility index (Phi) is 3.62. The molecule has 0 aliphatic heterocycles. The van der Waals surface area contributed by atoms with Crippen molar-refractivity contribution in [2.75, 3.05) is 0 Å². The fourth-order valence-electron chi connectivity index (χ4n) is 3.05. The maximum atomic E-state index is 14.3. The Labute approximate surface area is 147 Å². The molecule has 0 radical (unpaired) electrons. The van der Waals surface area contributed by atoms with Crippen molar-refractivity contribution in [3.63, 3.8) is 0 Å². The van der Waals surface area contributed by atoms with Crippen LogP contribution in [0, 0.1) is 5.82 Å². The number of fused-ring (bicyclic) bond motifs is 3. The van der Waals surface area contributed by atoms with Gasteiger partial charge in [0.2, 0.25) is 0 Å². The van der Waals surface area contributed by atoms with Crippen LogP contribution in [0.2, 0.25) is 5.02 Å². The molecule has 0 amide bonds. The molecule has 0 saturated carbocycles. The molecule has 0 unspecified atom stereocenters. The number of rotatable bonds is 2. The average Bonchev–Trinajstić information content (AvgIpc) is 2.60. The summed E-state index contributed by atoms with van der Waals surface area (Å²) in [6.45, 7) is 0. The highest BCUT2D eigenvalue weighted by molar-refractivity contribution is 6.33. The van der Waals surface area contributed by atoms with Crippen LogP contribution in [0.1, 0.15) is 10.4 Å². The zero-order chi connectivity index (χ0) is 17.6. The third kappa shape index (κ3) is 2.51. The summed E-state index contributed by atoms with van der Waals surface area (Å²) in [6.07, 6.45) is 0. The molecule has 0 spiro atoms. The smallest absolute Gasteiger partial charge is 0.336 e. The molecule has 122 valence electrons.